The van der Waals surface area contributed by atoms with Crippen LogP contribution in [0, 0.1) is 21.4 Å². The molecule has 0 aromatic carbocycles. The molecular formula is C15H22BrN3O2. The van der Waals surface area contributed by atoms with E-state index in [1.165, 1.54) is 31.9 Å². The minimum Gasteiger partial charge on any atom is -0.378 e. The molecule has 1 aromatic heterocycles. The third-order valence-electron chi connectivity index (χ3n) is 4.22. The highest BCUT2D eigenvalue weighted by Crippen LogP contribution is 2.44. The number of hydrogen-bond acceptors (Lipinski definition) is 4. The van der Waals surface area contributed by atoms with Crippen molar-refractivity contribution in [3.63, 3.8) is 0 Å². The van der Waals surface area contributed by atoms with Gasteiger partial charge in [-0.25, -0.2) is 0 Å². The van der Waals surface area contributed by atoms with Gasteiger partial charge < -0.3 is 5.32 Å². The molecule has 1 N–H and O–H groups in total. The number of nitrogens with zero attached hydrogens (tertiary/aromatic N) is 2. The molecule has 1 aliphatic carbocycles. The van der Waals surface area contributed by atoms with Crippen LogP contribution in [0.4, 0.5) is 11.4 Å². The van der Waals surface area contributed by atoms with E-state index in [0.29, 0.717) is 16.1 Å². The Labute approximate surface area is 133 Å². The average molecular weight is 356 g/mol. The zero-order chi connectivity index (χ0) is 15.5. The highest BCUT2D eigenvalue weighted by molar-refractivity contribution is 9.10. The van der Waals surface area contributed by atoms with Crippen LogP contribution in [0.15, 0.2) is 16.9 Å². The first-order valence-corrected chi connectivity index (χ1v) is 8.25. The second kappa shape index (κ2) is 6.73. The van der Waals surface area contributed by atoms with Gasteiger partial charge in [0.05, 0.1) is 9.40 Å². The first kappa shape index (κ1) is 16.2. The summed E-state index contributed by atoms with van der Waals surface area (Å²) in [5.74, 6) is 0.640. The summed E-state index contributed by atoms with van der Waals surface area (Å²) in [6.45, 7) is 5.27. The lowest BCUT2D eigenvalue weighted by atomic mass is 9.78. The lowest BCUT2D eigenvalue weighted by Gasteiger charge is -2.31. The molecule has 2 rings (SSSR count). The number of anilines is 1. The second-order valence-electron chi connectivity index (χ2n) is 6.43. The van der Waals surface area contributed by atoms with Gasteiger partial charge in [0.1, 0.15) is 11.9 Å². The number of hydrogen-bond donors (Lipinski definition) is 1. The Hall–Kier alpha value is -1.17. The topological polar surface area (TPSA) is 68.1 Å². The van der Waals surface area contributed by atoms with Gasteiger partial charge in [-0.05, 0) is 46.5 Å². The highest BCUT2D eigenvalue weighted by atomic mass is 79.9. The molecule has 0 aliphatic heterocycles. The lowest BCUT2D eigenvalue weighted by molar-refractivity contribution is -0.384. The predicted octanol–water partition coefficient (Wildman–Crippen LogP) is 4.77. The SMILES string of the molecule is CC(C)CC1(CNc2c(Br)cncc2[N+](=O)[O-])CCCC1. The zero-order valence-electron chi connectivity index (χ0n) is 12.6. The summed E-state index contributed by atoms with van der Waals surface area (Å²) < 4.78 is 0.648. The van der Waals surface area contributed by atoms with Crippen molar-refractivity contribution in [3.05, 3.63) is 27.0 Å². The van der Waals surface area contributed by atoms with E-state index in [1.54, 1.807) is 6.20 Å². The molecule has 5 nitrogen and oxygen atoms in total. The summed E-state index contributed by atoms with van der Waals surface area (Å²) in [5.41, 5.74) is 0.845. The maximum atomic E-state index is 11.1. The maximum absolute atomic E-state index is 11.1. The molecule has 0 unspecified atom stereocenters. The maximum Gasteiger partial charge on any atom is 0.311 e. The zero-order valence-corrected chi connectivity index (χ0v) is 14.1. The highest BCUT2D eigenvalue weighted by Gasteiger charge is 2.34. The smallest absolute Gasteiger partial charge is 0.311 e. The second-order valence-corrected chi connectivity index (χ2v) is 7.29. The van der Waals surface area contributed by atoms with Crippen molar-refractivity contribution in [1.29, 1.82) is 0 Å². The van der Waals surface area contributed by atoms with Crippen molar-refractivity contribution in [2.24, 2.45) is 11.3 Å². The van der Waals surface area contributed by atoms with E-state index in [9.17, 15) is 10.1 Å². The minimum absolute atomic E-state index is 0.0297. The Balaban J connectivity index is 2.16. The van der Waals surface area contributed by atoms with Gasteiger partial charge in [0.2, 0.25) is 0 Å². The van der Waals surface area contributed by atoms with Crippen LogP contribution in [-0.4, -0.2) is 16.5 Å². The fraction of sp³-hybridized carbons (Fsp3) is 0.667. The number of rotatable bonds is 6. The van der Waals surface area contributed by atoms with Crippen molar-refractivity contribution in [2.75, 3.05) is 11.9 Å². The summed E-state index contributed by atoms with van der Waals surface area (Å²) in [5, 5.41) is 14.5. The molecule has 21 heavy (non-hydrogen) atoms. The van der Waals surface area contributed by atoms with E-state index in [2.05, 4.69) is 40.1 Å². The van der Waals surface area contributed by atoms with Crippen molar-refractivity contribution >= 4 is 27.3 Å². The number of aromatic nitrogens is 1. The summed E-state index contributed by atoms with van der Waals surface area (Å²) in [6.07, 6.45) is 8.98. The lowest BCUT2D eigenvalue weighted by Crippen LogP contribution is -2.28. The normalized spacial score (nSPS) is 17.1. The van der Waals surface area contributed by atoms with E-state index >= 15 is 0 Å². The summed E-state index contributed by atoms with van der Waals surface area (Å²) in [4.78, 5) is 14.6. The van der Waals surface area contributed by atoms with Crippen LogP contribution in [0.2, 0.25) is 0 Å². The first-order valence-electron chi connectivity index (χ1n) is 7.45. The molecule has 1 saturated carbocycles. The molecule has 0 atom stereocenters. The number of pyridine rings is 1. The van der Waals surface area contributed by atoms with Gasteiger partial charge in [0.25, 0.3) is 0 Å². The van der Waals surface area contributed by atoms with Crippen LogP contribution in [0.5, 0.6) is 0 Å². The molecule has 1 aliphatic rings. The van der Waals surface area contributed by atoms with Crippen LogP contribution >= 0.6 is 15.9 Å². The van der Waals surface area contributed by atoms with Gasteiger partial charge in [0.15, 0.2) is 0 Å². The fourth-order valence-corrected chi connectivity index (χ4v) is 3.92. The van der Waals surface area contributed by atoms with Gasteiger partial charge in [-0.1, -0.05) is 26.7 Å². The molecule has 0 amide bonds. The van der Waals surface area contributed by atoms with Crippen LogP contribution < -0.4 is 5.32 Å². The van der Waals surface area contributed by atoms with E-state index in [1.807, 2.05) is 0 Å². The predicted molar refractivity (Wildman–Crippen MR) is 87.4 cm³/mol. The Morgan fingerprint density at radius 3 is 2.67 bits per heavy atom. The quantitative estimate of drug-likeness (QED) is 0.589. The molecule has 0 spiro atoms. The molecule has 0 radical (unpaired) electrons. The van der Waals surface area contributed by atoms with Crippen molar-refractivity contribution in [1.82, 2.24) is 4.98 Å². The Bertz CT molecular complexity index is 514. The summed E-state index contributed by atoms with van der Waals surface area (Å²) in [6, 6.07) is 0. The van der Waals surface area contributed by atoms with Gasteiger partial charge in [0, 0.05) is 12.7 Å². The average Bonchev–Trinajstić information content (AvgIpc) is 2.85. The van der Waals surface area contributed by atoms with Crippen LogP contribution in [0.25, 0.3) is 0 Å². The fourth-order valence-electron chi connectivity index (χ4n) is 3.46. The molecule has 1 aromatic rings. The molecule has 1 fully saturated rings. The summed E-state index contributed by atoms with van der Waals surface area (Å²) >= 11 is 3.36. The molecular weight excluding hydrogens is 334 g/mol. The third-order valence-corrected chi connectivity index (χ3v) is 4.82. The standard InChI is InChI=1S/C15H22BrN3O2/c1-11(2)7-15(5-3-4-6-15)10-18-14-12(16)8-17-9-13(14)19(20)21/h8-9,11H,3-7,10H2,1-2H3,(H,17,18). The van der Waals surface area contributed by atoms with Gasteiger partial charge >= 0.3 is 5.69 Å². The third kappa shape index (κ3) is 3.93. The van der Waals surface area contributed by atoms with Gasteiger partial charge in [-0.15, -0.1) is 0 Å². The molecule has 0 bridgehead atoms. The molecule has 1 heterocycles. The number of halogens is 1. The number of nitro groups is 1. The molecule has 116 valence electrons. The first-order chi connectivity index (χ1) is 9.93. The molecule has 6 heteroatoms. The van der Waals surface area contributed by atoms with Crippen LogP contribution in [0.3, 0.4) is 0 Å². The minimum atomic E-state index is -0.385. The van der Waals surface area contributed by atoms with E-state index in [4.69, 9.17) is 0 Å². The largest absolute Gasteiger partial charge is 0.378 e. The molecule has 0 saturated heterocycles. The number of nitrogens with one attached hydrogen (secondary N) is 1. The van der Waals surface area contributed by atoms with E-state index in [0.717, 1.165) is 13.0 Å². The monoisotopic (exact) mass is 355 g/mol. The Morgan fingerprint density at radius 2 is 2.10 bits per heavy atom. The van der Waals surface area contributed by atoms with Crippen LogP contribution in [0.1, 0.15) is 46.0 Å². The van der Waals surface area contributed by atoms with Crippen molar-refractivity contribution in [3.8, 4) is 0 Å². The Kier molecular flexibility index (Phi) is 5.19. The van der Waals surface area contributed by atoms with Crippen molar-refractivity contribution < 1.29 is 4.92 Å². The van der Waals surface area contributed by atoms with Crippen molar-refractivity contribution in [2.45, 2.75) is 46.0 Å². The van der Waals surface area contributed by atoms with E-state index < -0.39 is 0 Å². The van der Waals surface area contributed by atoms with Gasteiger partial charge in [-0.2, -0.15) is 0 Å². The van der Waals surface area contributed by atoms with Gasteiger partial charge in [-0.3, -0.25) is 15.1 Å². The van der Waals surface area contributed by atoms with Crippen LogP contribution in [-0.2, 0) is 0 Å². The Morgan fingerprint density at radius 1 is 1.43 bits per heavy atom. The summed E-state index contributed by atoms with van der Waals surface area (Å²) in [7, 11) is 0. The van der Waals surface area contributed by atoms with E-state index in [-0.39, 0.29) is 16.0 Å².